The van der Waals surface area contributed by atoms with Crippen molar-refractivity contribution in [3.8, 4) is 0 Å². The van der Waals surface area contributed by atoms with Crippen LogP contribution < -0.4 is 5.32 Å². The number of hydrogen-bond acceptors (Lipinski definition) is 5. The third-order valence-electron chi connectivity index (χ3n) is 2.27. The van der Waals surface area contributed by atoms with Gasteiger partial charge in [0, 0.05) is 19.2 Å². The van der Waals surface area contributed by atoms with Gasteiger partial charge in [-0.15, -0.1) is 0 Å². The normalized spacial score (nSPS) is 12.6. The number of hydrogen-bond donors (Lipinski definition) is 1. The molecule has 84 valence electrons. The predicted octanol–water partition coefficient (Wildman–Crippen LogP) is 1.62. The third-order valence-corrected chi connectivity index (χ3v) is 2.27. The first-order chi connectivity index (χ1) is 7.75. The largest absolute Gasteiger partial charge is 0.340 e. The van der Waals surface area contributed by atoms with E-state index in [0.29, 0.717) is 18.3 Å². The summed E-state index contributed by atoms with van der Waals surface area (Å²) in [6.07, 6.45) is 1.78. The van der Waals surface area contributed by atoms with Gasteiger partial charge in [0.15, 0.2) is 5.82 Å². The van der Waals surface area contributed by atoms with Crippen molar-refractivity contribution in [2.45, 2.75) is 26.4 Å². The Morgan fingerprint density at radius 3 is 2.94 bits per heavy atom. The molecule has 0 spiro atoms. The molecule has 2 aromatic heterocycles. The number of aryl methyl sites for hydroxylation is 1. The van der Waals surface area contributed by atoms with E-state index in [-0.39, 0.29) is 6.04 Å². The average molecular weight is 218 g/mol. The Morgan fingerprint density at radius 2 is 2.31 bits per heavy atom. The predicted molar refractivity (Wildman–Crippen MR) is 58.5 cm³/mol. The Balaban J connectivity index is 1.91. The first-order valence-corrected chi connectivity index (χ1v) is 5.19. The van der Waals surface area contributed by atoms with Crippen LogP contribution in [-0.4, -0.2) is 15.1 Å². The third kappa shape index (κ3) is 2.64. The molecule has 2 rings (SSSR count). The van der Waals surface area contributed by atoms with E-state index >= 15 is 0 Å². The SMILES string of the molecule is Cc1nc(CNC(C)c2ccccn2)no1. The lowest BCUT2D eigenvalue weighted by atomic mass is 10.2. The number of rotatable bonds is 4. The van der Waals surface area contributed by atoms with Crippen LogP contribution in [0.1, 0.15) is 30.4 Å². The van der Waals surface area contributed by atoms with Gasteiger partial charge in [0.05, 0.1) is 12.2 Å². The van der Waals surface area contributed by atoms with Crippen LogP contribution in [0.4, 0.5) is 0 Å². The van der Waals surface area contributed by atoms with Crippen molar-refractivity contribution in [3.63, 3.8) is 0 Å². The van der Waals surface area contributed by atoms with Crippen molar-refractivity contribution in [2.75, 3.05) is 0 Å². The van der Waals surface area contributed by atoms with Gasteiger partial charge in [0.1, 0.15) is 0 Å². The minimum atomic E-state index is 0.167. The summed E-state index contributed by atoms with van der Waals surface area (Å²) < 4.78 is 4.89. The topological polar surface area (TPSA) is 63.8 Å². The molecule has 16 heavy (non-hydrogen) atoms. The van der Waals surface area contributed by atoms with Gasteiger partial charge in [0.25, 0.3) is 0 Å². The monoisotopic (exact) mass is 218 g/mol. The molecule has 1 unspecified atom stereocenters. The number of nitrogens with one attached hydrogen (secondary N) is 1. The first kappa shape index (κ1) is 10.8. The van der Waals surface area contributed by atoms with E-state index in [1.165, 1.54) is 0 Å². The fourth-order valence-corrected chi connectivity index (χ4v) is 1.39. The molecule has 2 aromatic rings. The maximum Gasteiger partial charge on any atom is 0.223 e. The number of pyridine rings is 1. The van der Waals surface area contributed by atoms with Crippen LogP contribution in [-0.2, 0) is 6.54 Å². The molecular weight excluding hydrogens is 204 g/mol. The lowest BCUT2D eigenvalue weighted by Crippen LogP contribution is -2.19. The van der Waals surface area contributed by atoms with Crippen LogP contribution in [0.3, 0.4) is 0 Å². The Labute approximate surface area is 93.9 Å². The maximum absolute atomic E-state index is 4.89. The molecule has 1 atom stereocenters. The van der Waals surface area contributed by atoms with Gasteiger partial charge in [0.2, 0.25) is 5.89 Å². The van der Waals surface area contributed by atoms with Gasteiger partial charge >= 0.3 is 0 Å². The molecule has 0 bridgehead atoms. The van der Waals surface area contributed by atoms with Gasteiger partial charge in [-0.2, -0.15) is 4.98 Å². The molecule has 0 amide bonds. The van der Waals surface area contributed by atoms with Crippen LogP contribution in [0.25, 0.3) is 0 Å². The van der Waals surface area contributed by atoms with E-state index in [4.69, 9.17) is 4.52 Å². The lowest BCUT2D eigenvalue weighted by molar-refractivity contribution is 0.384. The lowest BCUT2D eigenvalue weighted by Gasteiger charge is -2.10. The molecule has 0 radical (unpaired) electrons. The summed E-state index contributed by atoms with van der Waals surface area (Å²) >= 11 is 0. The van der Waals surface area contributed by atoms with Gasteiger partial charge < -0.3 is 9.84 Å². The van der Waals surface area contributed by atoms with Crippen molar-refractivity contribution in [2.24, 2.45) is 0 Å². The van der Waals surface area contributed by atoms with Crippen molar-refractivity contribution >= 4 is 0 Å². The van der Waals surface area contributed by atoms with Crippen LogP contribution >= 0.6 is 0 Å². The standard InChI is InChI=1S/C11H14N4O/c1-8(10-5-3-4-6-12-10)13-7-11-14-9(2)16-15-11/h3-6,8,13H,7H2,1-2H3. The minimum Gasteiger partial charge on any atom is -0.340 e. The van der Waals surface area contributed by atoms with Crippen molar-refractivity contribution < 1.29 is 4.52 Å². The highest BCUT2D eigenvalue weighted by atomic mass is 16.5. The number of aromatic nitrogens is 3. The minimum absolute atomic E-state index is 0.167. The van der Waals surface area contributed by atoms with Crippen LogP contribution in [0, 0.1) is 6.92 Å². The summed E-state index contributed by atoms with van der Waals surface area (Å²) in [5, 5.41) is 7.09. The molecule has 5 nitrogen and oxygen atoms in total. The zero-order valence-electron chi connectivity index (χ0n) is 9.34. The van der Waals surface area contributed by atoms with E-state index in [1.807, 2.05) is 18.2 Å². The second-order valence-corrected chi connectivity index (χ2v) is 3.59. The summed E-state index contributed by atoms with van der Waals surface area (Å²) in [5.41, 5.74) is 1.00. The maximum atomic E-state index is 4.89. The highest BCUT2D eigenvalue weighted by Gasteiger charge is 2.07. The molecule has 0 aliphatic heterocycles. The smallest absolute Gasteiger partial charge is 0.223 e. The van der Waals surface area contributed by atoms with Crippen molar-refractivity contribution in [3.05, 3.63) is 41.8 Å². The summed E-state index contributed by atoms with van der Waals surface area (Å²) in [6.45, 7) is 4.41. The molecule has 0 aromatic carbocycles. The molecule has 0 saturated carbocycles. The molecule has 0 aliphatic carbocycles. The van der Waals surface area contributed by atoms with E-state index < -0.39 is 0 Å². The molecule has 0 aliphatic rings. The van der Waals surface area contributed by atoms with E-state index in [9.17, 15) is 0 Å². The van der Waals surface area contributed by atoms with Gasteiger partial charge in [-0.1, -0.05) is 11.2 Å². The summed E-state index contributed by atoms with van der Waals surface area (Å²) in [5.74, 6) is 1.25. The molecular formula is C11H14N4O. The van der Waals surface area contributed by atoms with Crippen LogP contribution in [0.2, 0.25) is 0 Å². The summed E-state index contributed by atoms with van der Waals surface area (Å²) in [6, 6.07) is 6.02. The second-order valence-electron chi connectivity index (χ2n) is 3.59. The second kappa shape index (κ2) is 4.85. The zero-order valence-corrected chi connectivity index (χ0v) is 9.34. The summed E-state index contributed by atoms with van der Waals surface area (Å²) in [4.78, 5) is 8.39. The molecule has 0 fully saturated rings. The summed E-state index contributed by atoms with van der Waals surface area (Å²) in [7, 11) is 0. The highest BCUT2D eigenvalue weighted by molar-refractivity contribution is 5.07. The molecule has 5 heteroatoms. The Hall–Kier alpha value is -1.75. The fourth-order valence-electron chi connectivity index (χ4n) is 1.39. The Bertz CT molecular complexity index is 440. The molecule has 1 N–H and O–H groups in total. The first-order valence-electron chi connectivity index (χ1n) is 5.19. The quantitative estimate of drug-likeness (QED) is 0.844. The molecule has 2 heterocycles. The Morgan fingerprint density at radius 1 is 1.44 bits per heavy atom. The average Bonchev–Trinajstić information content (AvgIpc) is 2.73. The van der Waals surface area contributed by atoms with Crippen LogP contribution in [0.5, 0.6) is 0 Å². The number of nitrogens with zero attached hydrogens (tertiary/aromatic N) is 3. The van der Waals surface area contributed by atoms with Gasteiger partial charge in [-0.05, 0) is 19.1 Å². The van der Waals surface area contributed by atoms with Gasteiger partial charge in [-0.3, -0.25) is 4.98 Å². The van der Waals surface area contributed by atoms with Gasteiger partial charge in [-0.25, -0.2) is 0 Å². The van der Waals surface area contributed by atoms with E-state index in [0.717, 1.165) is 5.69 Å². The van der Waals surface area contributed by atoms with Crippen molar-refractivity contribution in [1.82, 2.24) is 20.4 Å². The van der Waals surface area contributed by atoms with E-state index in [2.05, 4.69) is 27.4 Å². The fraction of sp³-hybridized carbons (Fsp3) is 0.364. The van der Waals surface area contributed by atoms with Crippen LogP contribution in [0.15, 0.2) is 28.9 Å². The van der Waals surface area contributed by atoms with Crippen molar-refractivity contribution in [1.29, 1.82) is 0 Å². The highest BCUT2D eigenvalue weighted by Crippen LogP contribution is 2.08. The van der Waals surface area contributed by atoms with E-state index in [1.54, 1.807) is 13.1 Å². The Kier molecular flexibility index (Phi) is 3.26. The molecule has 0 saturated heterocycles. The zero-order chi connectivity index (χ0) is 11.4.